The Morgan fingerprint density at radius 2 is 2.00 bits per heavy atom. The van der Waals surface area contributed by atoms with Gasteiger partial charge in [0.15, 0.2) is 0 Å². The number of aliphatic hydroxyl groups excluding tert-OH is 1. The van der Waals surface area contributed by atoms with Crippen LogP contribution in [-0.4, -0.2) is 35.0 Å². The van der Waals surface area contributed by atoms with Gasteiger partial charge in [0.1, 0.15) is 6.10 Å². The van der Waals surface area contributed by atoms with Crippen molar-refractivity contribution in [3.63, 3.8) is 0 Å². The molecule has 76 valence electrons. The predicted octanol–water partition coefficient (Wildman–Crippen LogP) is 0.667. The van der Waals surface area contributed by atoms with Crippen molar-refractivity contribution < 1.29 is 9.84 Å². The quantitative estimate of drug-likeness (QED) is 0.633. The van der Waals surface area contributed by atoms with E-state index in [1.807, 2.05) is 0 Å². The molecule has 0 amide bonds. The Morgan fingerprint density at radius 1 is 1.38 bits per heavy atom. The highest BCUT2D eigenvalue weighted by Crippen LogP contribution is 2.42. The molecular weight excluding hydrogens is 166 g/mol. The number of hydrogen-bond donors (Lipinski definition) is 2. The minimum atomic E-state index is -0.0326. The lowest BCUT2D eigenvalue weighted by Gasteiger charge is -2.05. The van der Waals surface area contributed by atoms with Crippen LogP contribution in [0.1, 0.15) is 33.6 Å². The molecule has 0 bridgehead atoms. The maximum atomic E-state index is 8.88. The van der Waals surface area contributed by atoms with E-state index in [1.165, 1.54) is 0 Å². The van der Waals surface area contributed by atoms with Crippen LogP contribution in [0.15, 0.2) is 0 Å². The molecule has 0 aliphatic carbocycles. The fourth-order valence-corrected chi connectivity index (χ4v) is 2.01. The molecule has 3 unspecified atom stereocenters. The van der Waals surface area contributed by atoms with Gasteiger partial charge in [0.05, 0.1) is 12.2 Å². The van der Waals surface area contributed by atoms with Crippen LogP contribution in [0.2, 0.25) is 0 Å². The topological polar surface area (TPSA) is 54.7 Å². The molecule has 2 aliphatic rings. The van der Waals surface area contributed by atoms with E-state index in [9.17, 15) is 0 Å². The average Bonchev–Trinajstić information content (AvgIpc) is 2.87. The second kappa shape index (κ2) is 2.69. The lowest BCUT2D eigenvalue weighted by Crippen LogP contribution is -2.14. The highest BCUT2D eigenvalue weighted by atomic mass is 16.6. The first-order chi connectivity index (χ1) is 5.98. The zero-order valence-corrected chi connectivity index (χ0v) is 8.63. The number of rotatable bonds is 4. The Bertz CT molecular complexity index is 217. The second-order valence-corrected chi connectivity index (χ2v) is 5.06. The third kappa shape index (κ3) is 1.73. The van der Waals surface area contributed by atoms with Crippen molar-refractivity contribution in [2.45, 2.75) is 56.9 Å². The van der Waals surface area contributed by atoms with Crippen molar-refractivity contribution >= 4 is 0 Å². The van der Waals surface area contributed by atoms with Gasteiger partial charge in [0, 0.05) is 11.6 Å². The predicted molar refractivity (Wildman–Crippen MR) is 50.6 cm³/mol. The summed E-state index contributed by atoms with van der Waals surface area (Å²) in [6.45, 7) is 6.69. The third-order valence-electron chi connectivity index (χ3n) is 3.46. The number of epoxide rings is 1. The van der Waals surface area contributed by atoms with Gasteiger partial charge in [0.2, 0.25) is 0 Å². The fraction of sp³-hybridized carbons (Fsp3) is 1.00. The third-order valence-corrected chi connectivity index (χ3v) is 3.46. The molecule has 0 saturated carbocycles. The van der Waals surface area contributed by atoms with Gasteiger partial charge in [-0.1, -0.05) is 0 Å². The summed E-state index contributed by atoms with van der Waals surface area (Å²) < 4.78 is 5.42. The van der Waals surface area contributed by atoms with Gasteiger partial charge < -0.3 is 15.2 Å². The van der Waals surface area contributed by atoms with Crippen molar-refractivity contribution in [1.82, 2.24) is 5.32 Å². The summed E-state index contributed by atoms with van der Waals surface area (Å²) in [5.41, 5.74) is 0.301. The van der Waals surface area contributed by atoms with Crippen LogP contribution in [0.25, 0.3) is 0 Å². The van der Waals surface area contributed by atoms with E-state index in [2.05, 4.69) is 26.1 Å². The van der Waals surface area contributed by atoms with Gasteiger partial charge >= 0.3 is 0 Å². The highest BCUT2D eigenvalue weighted by molar-refractivity contribution is 5.09. The number of hydrogen-bond acceptors (Lipinski definition) is 3. The first-order valence-electron chi connectivity index (χ1n) is 5.04. The monoisotopic (exact) mass is 185 g/mol. The Kier molecular flexibility index (Phi) is 1.95. The van der Waals surface area contributed by atoms with E-state index in [1.54, 1.807) is 0 Å². The molecule has 2 rings (SSSR count). The number of aliphatic hydroxyl groups is 1. The number of nitrogens with one attached hydrogen (secondary N) is 1. The van der Waals surface area contributed by atoms with Gasteiger partial charge in [-0.2, -0.15) is 0 Å². The fourth-order valence-electron chi connectivity index (χ4n) is 2.01. The SMILES string of the molecule is CC1(C)NC1CCC1(C)OC1CO. The lowest BCUT2D eigenvalue weighted by molar-refractivity contribution is 0.234. The molecule has 13 heavy (non-hydrogen) atoms. The minimum absolute atomic E-state index is 0.0326. The van der Waals surface area contributed by atoms with Crippen LogP contribution >= 0.6 is 0 Å². The molecule has 0 radical (unpaired) electrons. The Morgan fingerprint density at radius 3 is 2.38 bits per heavy atom. The van der Waals surface area contributed by atoms with Crippen molar-refractivity contribution in [1.29, 1.82) is 0 Å². The number of ether oxygens (including phenoxy) is 1. The van der Waals surface area contributed by atoms with Crippen LogP contribution in [0.3, 0.4) is 0 Å². The summed E-state index contributed by atoms with van der Waals surface area (Å²) in [6.07, 6.45) is 2.30. The molecule has 0 aromatic rings. The molecule has 3 atom stereocenters. The molecule has 0 aromatic carbocycles. The van der Waals surface area contributed by atoms with E-state index in [-0.39, 0.29) is 18.3 Å². The molecule has 2 N–H and O–H groups in total. The second-order valence-electron chi connectivity index (χ2n) is 5.06. The molecule has 0 spiro atoms. The van der Waals surface area contributed by atoms with Crippen molar-refractivity contribution in [2.75, 3.05) is 6.61 Å². The molecular formula is C10H19NO2. The standard InChI is InChI=1S/C10H19NO2/c1-9(2)7(11-9)4-5-10(3)8(6-12)13-10/h7-8,11-12H,4-6H2,1-3H3. The summed E-state index contributed by atoms with van der Waals surface area (Å²) in [4.78, 5) is 0. The van der Waals surface area contributed by atoms with E-state index >= 15 is 0 Å². The molecule has 0 aromatic heterocycles. The van der Waals surface area contributed by atoms with E-state index in [4.69, 9.17) is 9.84 Å². The van der Waals surface area contributed by atoms with Crippen molar-refractivity contribution in [3.05, 3.63) is 0 Å². The average molecular weight is 185 g/mol. The summed E-state index contributed by atoms with van der Waals surface area (Å²) in [5, 5.41) is 12.3. The Labute approximate surface area is 79.5 Å². The first kappa shape index (κ1) is 9.44. The van der Waals surface area contributed by atoms with Gasteiger partial charge in [0.25, 0.3) is 0 Å². The van der Waals surface area contributed by atoms with Crippen LogP contribution in [0.5, 0.6) is 0 Å². The first-order valence-corrected chi connectivity index (χ1v) is 5.04. The van der Waals surface area contributed by atoms with Gasteiger partial charge in [-0.25, -0.2) is 0 Å². The molecule has 2 saturated heterocycles. The van der Waals surface area contributed by atoms with Crippen LogP contribution < -0.4 is 5.32 Å². The minimum Gasteiger partial charge on any atom is -0.394 e. The molecule has 3 heteroatoms. The molecule has 3 nitrogen and oxygen atoms in total. The molecule has 2 fully saturated rings. The van der Waals surface area contributed by atoms with Crippen LogP contribution in [0, 0.1) is 0 Å². The van der Waals surface area contributed by atoms with Gasteiger partial charge in [-0.05, 0) is 33.6 Å². The molecule has 2 heterocycles. The normalized spacial score (nSPS) is 46.2. The maximum Gasteiger partial charge on any atom is 0.110 e. The van der Waals surface area contributed by atoms with E-state index in [0.29, 0.717) is 11.6 Å². The summed E-state index contributed by atoms with van der Waals surface area (Å²) >= 11 is 0. The van der Waals surface area contributed by atoms with E-state index < -0.39 is 0 Å². The van der Waals surface area contributed by atoms with Crippen molar-refractivity contribution in [2.24, 2.45) is 0 Å². The lowest BCUT2D eigenvalue weighted by atomic mass is 9.97. The van der Waals surface area contributed by atoms with E-state index in [0.717, 1.165) is 12.8 Å². The summed E-state index contributed by atoms with van der Waals surface area (Å²) in [7, 11) is 0. The van der Waals surface area contributed by atoms with Crippen LogP contribution in [0.4, 0.5) is 0 Å². The summed E-state index contributed by atoms with van der Waals surface area (Å²) in [6, 6.07) is 0.646. The van der Waals surface area contributed by atoms with Crippen LogP contribution in [-0.2, 0) is 4.74 Å². The summed E-state index contributed by atoms with van der Waals surface area (Å²) in [5.74, 6) is 0. The largest absolute Gasteiger partial charge is 0.394 e. The highest BCUT2D eigenvalue weighted by Gasteiger charge is 2.53. The zero-order chi connectivity index (χ0) is 9.69. The van der Waals surface area contributed by atoms with Gasteiger partial charge in [-0.15, -0.1) is 0 Å². The molecule has 2 aliphatic heterocycles. The van der Waals surface area contributed by atoms with Crippen molar-refractivity contribution in [3.8, 4) is 0 Å². The Hall–Kier alpha value is -0.120. The zero-order valence-electron chi connectivity index (χ0n) is 8.63. The smallest absolute Gasteiger partial charge is 0.110 e. The Balaban J connectivity index is 1.70. The van der Waals surface area contributed by atoms with Gasteiger partial charge in [-0.3, -0.25) is 0 Å². The maximum absolute atomic E-state index is 8.88.